The zero-order chi connectivity index (χ0) is 23.0. The van der Waals surface area contributed by atoms with Crippen LogP contribution in [0.3, 0.4) is 0 Å². The maximum absolute atomic E-state index is 6.41. The SMILES string of the molecule is S=C(NCc1ccccc1)NC1CCC(CCN2CCN(c3cccc(Cl)c3Cl)CC2)CC1. The molecule has 178 valence electrons. The first-order valence-electron chi connectivity index (χ1n) is 12.1. The van der Waals surface area contributed by atoms with Crippen molar-refractivity contribution in [1.29, 1.82) is 0 Å². The third-order valence-electron chi connectivity index (χ3n) is 6.98. The van der Waals surface area contributed by atoms with E-state index in [4.69, 9.17) is 35.4 Å². The predicted molar refractivity (Wildman–Crippen MR) is 144 cm³/mol. The first-order valence-corrected chi connectivity index (χ1v) is 13.2. The minimum atomic E-state index is 0.503. The number of rotatable bonds is 7. The summed E-state index contributed by atoms with van der Waals surface area (Å²) in [5, 5.41) is 8.96. The van der Waals surface area contributed by atoms with Crippen molar-refractivity contribution in [2.75, 3.05) is 37.6 Å². The quantitative estimate of drug-likeness (QED) is 0.470. The topological polar surface area (TPSA) is 30.5 Å². The number of anilines is 1. The molecule has 2 fully saturated rings. The third-order valence-corrected chi connectivity index (χ3v) is 8.05. The fraction of sp³-hybridized carbons (Fsp3) is 0.500. The molecule has 1 aliphatic carbocycles. The van der Waals surface area contributed by atoms with Crippen molar-refractivity contribution in [3.8, 4) is 0 Å². The summed E-state index contributed by atoms with van der Waals surface area (Å²) in [6.45, 7) is 6.15. The summed E-state index contributed by atoms with van der Waals surface area (Å²) >= 11 is 18.1. The van der Waals surface area contributed by atoms with Crippen molar-refractivity contribution in [3.63, 3.8) is 0 Å². The summed E-state index contributed by atoms with van der Waals surface area (Å²) in [6, 6.07) is 16.8. The Morgan fingerprint density at radius 2 is 1.64 bits per heavy atom. The Kier molecular flexibility index (Phi) is 9.13. The Balaban J connectivity index is 1.11. The molecule has 2 aromatic rings. The van der Waals surface area contributed by atoms with E-state index in [2.05, 4.69) is 50.8 Å². The van der Waals surface area contributed by atoms with Crippen LogP contribution >= 0.6 is 35.4 Å². The highest BCUT2D eigenvalue weighted by molar-refractivity contribution is 7.80. The van der Waals surface area contributed by atoms with Gasteiger partial charge in [0, 0.05) is 38.8 Å². The van der Waals surface area contributed by atoms with E-state index in [9.17, 15) is 0 Å². The summed E-state index contributed by atoms with van der Waals surface area (Å²) in [7, 11) is 0. The average Bonchev–Trinajstić information content (AvgIpc) is 2.85. The van der Waals surface area contributed by atoms with Crippen LogP contribution in [0.4, 0.5) is 5.69 Å². The van der Waals surface area contributed by atoms with Crippen molar-refractivity contribution in [2.24, 2.45) is 5.92 Å². The highest BCUT2D eigenvalue weighted by atomic mass is 35.5. The molecule has 2 aromatic carbocycles. The molecular formula is C26H34Cl2N4S. The molecule has 1 saturated carbocycles. The van der Waals surface area contributed by atoms with Gasteiger partial charge in [-0.05, 0) is 74.5 Å². The Morgan fingerprint density at radius 1 is 0.909 bits per heavy atom. The summed E-state index contributed by atoms with van der Waals surface area (Å²) in [6.07, 6.45) is 6.28. The van der Waals surface area contributed by atoms with E-state index in [0.717, 1.165) is 49.4 Å². The molecule has 0 bridgehead atoms. The van der Waals surface area contributed by atoms with Gasteiger partial charge in [-0.3, -0.25) is 4.90 Å². The average molecular weight is 506 g/mol. The zero-order valence-corrected chi connectivity index (χ0v) is 21.4. The summed E-state index contributed by atoms with van der Waals surface area (Å²) in [5.41, 5.74) is 2.31. The molecule has 1 saturated heterocycles. The van der Waals surface area contributed by atoms with Crippen molar-refractivity contribution in [2.45, 2.75) is 44.7 Å². The van der Waals surface area contributed by atoms with Gasteiger partial charge in [-0.1, -0.05) is 59.6 Å². The molecule has 2 N–H and O–H groups in total. The normalized spacial score (nSPS) is 21.6. The van der Waals surface area contributed by atoms with Crippen molar-refractivity contribution >= 4 is 46.2 Å². The number of halogens is 2. The van der Waals surface area contributed by atoms with E-state index >= 15 is 0 Å². The van der Waals surface area contributed by atoms with Crippen LogP contribution in [0, 0.1) is 5.92 Å². The lowest BCUT2D eigenvalue weighted by atomic mass is 9.84. The molecule has 4 nitrogen and oxygen atoms in total. The van der Waals surface area contributed by atoms with Crippen LogP contribution in [-0.2, 0) is 6.54 Å². The molecular weight excluding hydrogens is 471 g/mol. The molecule has 0 amide bonds. The number of piperazine rings is 1. The molecule has 0 spiro atoms. The van der Waals surface area contributed by atoms with E-state index in [1.165, 1.54) is 44.2 Å². The number of hydrogen-bond donors (Lipinski definition) is 2. The maximum Gasteiger partial charge on any atom is 0.166 e. The summed E-state index contributed by atoms with van der Waals surface area (Å²) in [4.78, 5) is 4.96. The van der Waals surface area contributed by atoms with Gasteiger partial charge in [-0.2, -0.15) is 0 Å². The van der Waals surface area contributed by atoms with Crippen LogP contribution in [0.5, 0.6) is 0 Å². The van der Waals surface area contributed by atoms with Gasteiger partial charge in [0.1, 0.15) is 0 Å². The molecule has 1 heterocycles. The second kappa shape index (κ2) is 12.3. The summed E-state index contributed by atoms with van der Waals surface area (Å²) in [5.74, 6) is 0.828. The molecule has 0 unspecified atom stereocenters. The van der Waals surface area contributed by atoms with E-state index in [1.807, 2.05) is 18.2 Å². The third kappa shape index (κ3) is 7.22. The minimum Gasteiger partial charge on any atom is -0.368 e. The number of thiocarbonyl (C=S) groups is 1. The van der Waals surface area contributed by atoms with Gasteiger partial charge in [-0.15, -0.1) is 0 Å². The first kappa shape index (κ1) is 24.6. The molecule has 0 aromatic heterocycles. The van der Waals surface area contributed by atoms with Crippen molar-refractivity contribution in [1.82, 2.24) is 15.5 Å². The number of nitrogens with one attached hydrogen (secondary N) is 2. The van der Waals surface area contributed by atoms with Crippen LogP contribution in [0.2, 0.25) is 10.0 Å². The number of nitrogens with zero attached hydrogens (tertiary/aromatic N) is 2. The van der Waals surface area contributed by atoms with Crippen LogP contribution in [-0.4, -0.2) is 48.8 Å². The highest BCUT2D eigenvalue weighted by Gasteiger charge is 2.24. The van der Waals surface area contributed by atoms with Gasteiger partial charge in [0.2, 0.25) is 0 Å². The van der Waals surface area contributed by atoms with Gasteiger partial charge in [0.15, 0.2) is 5.11 Å². The Labute approximate surface area is 213 Å². The molecule has 33 heavy (non-hydrogen) atoms. The molecule has 4 rings (SSSR count). The fourth-order valence-corrected chi connectivity index (χ4v) is 5.58. The Bertz CT molecular complexity index is 894. The second-order valence-electron chi connectivity index (χ2n) is 9.22. The largest absolute Gasteiger partial charge is 0.368 e. The first-order chi connectivity index (χ1) is 16.1. The van der Waals surface area contributed by atoms with E-state index in [1.54, 1.807) is 0 Å². The second-order valence-corrected chi connectivity index (χ2v) is 10.4. The van der Waals surface area contributed by atoms with Crippen molar-refractivity contribution < 1.29 is 0 Å². The van der Waals surface area contributed by atoms with Gasteiger partial charge in [0.05, 0.1) is 15.7 Å². The van der Waals surface area contributed by atoms with Crippen LogP contribution in [0.25, 0.3) is 0 Å². The standard InChI is InChI=1S/C26H34Cl2N4S/c27-23-7-4-8-24(25(23)28)32-17-15-31(16-18-32)14-13-20-9-11-22(12-10-20)30-26(33)29-19-21-5-2-1-3-6-21/h1-8,20,22H,9-19H2,(H2,29,30,33). The van der Waals surface area contributed by atoms with Gasteiger partial charge < -0.3 is 15.5 Å². The lowest BCUT2D eigenvalue weighted by Gasteiger charge is -2.37. The molecule has 1 aliphatic heterocycles. The Hall–Kier alpha value is -1.53. The molecule has 7 heteroatoms. The van der Waals surface area contributed by atoms with E-state index < -0.39 is 0 Å². The van der Waals surface area contributed by atoms with Crippen molar-refractivity contribution in [3.05, 3.63) is 64.1 Å². The number of hydrogen-bond acceptors (Lipinski definition) is 3. The van der Waals surface area contributed by atoms with Crippen LogP contribution < -0.4 is 15.5 Å². The van der Waals surface area contributed by atoms with E-state index in [0.29, 0.717) is 16.1 Å². The van der Waals surface area contributed by atoms with Gasteiger partial charge in [0.25, 0.3) is 0 Å². The monoisotopic (exact) mass is 504 g/mol. The summed E-state index contributed by atoms with van der Waals surface area (Å²) < 4.78 is 0. The highest BCUT2D eigenvalue weighted by Crippen LogP contribution is 2.33. The molecule has 0 radical (unpaired) electrons. The van der Waals surface area contributed by atoms with Gasteiger partial charge >= 0.3 is 0 Å². The lowest BCUT2D eigenvalue weighted by molar-refractivity contribution is 0.214. The Morgan fingerprint density at radius 3 is 2.36 bits per heavy atom. The predicted octanol–water partition coefficient (Wildman–Crippen LogP) is 5.73. The van der Waals surface area contributed by atoms with Gasteiger partial charge in [-0.25, -0.2) is 0 Å². The van der Waals surface area contributed by atoms with Crippen LogP contribution in [0.15, 0.2) is 48.5 Å². The number of benzene rings is 2. The maximum atomic E-state index is 6.41. The van der Waals surface area contributed by atoms with E-state index in [-0.39, 0.29) is 0 Å². The van der Waals surface area contributed by atoms with Crippen LogP contribution in [0.1, 0.15) is 37.7 Å². The fourth-order valence-electron chi connectivity index (χ4n) is 4.92. The minimum absolute atomic E-state index is 0.503. The molecule has 0 atom stereocenters. The smallest absolute Gasteiger partial charge is 0.166 e. The lowest BCUT2D eigenvalue weighted by Crippen LogP contribution is -2.47. The zero-order valence-electron chi connectivity index (χ0n) is 19.1. The molecule has 2 aliphatic rings.